The second-order valence-electron chi connectivity index (χ2n) is 6.36. The van der Waals surface area contributed by atoms with Crippen LogP contribution in [0, 0.1) is 5.92 Å². The van der Waals surface area contributed by atoms with Gasteiger partial charge in [0, 0.05) is 12.8 Å². The zero-order valence-corrected chi connectivity index (χ0v) is 13.0. The van der Waals surface area contributed by atoms with Crippen LogP contribution in [0.15, 0.2) is 29.4 Å². The average Bonchev–Trinajstić information content (AvgIpc) is 2.99. The van der Waals surface area contributed by atoms with Crippen LogP contribution in [0.4, 0.5) is 0 Å². The first-order valence-electron chi connectivity index (χ1n) is 7.95. The molecule has 22 heavy (non-hydrogen) atoms. The van der Waals surface area contributed by atoms with Gasteiger partial charge in [0.1, 0.15) is 11.8 Å². The fourth-order valence-electron chi connectivity index (χ4n) is 4.14. The molecule has 4 heterocycles. The van der Waals surface area contributed by atoms with Gasteiger partial charge in [-0.25, -0.2) is 5.01 Å². The maximum Gasteiger partial charge on any atom is 0.240 e. The topological polar surface area (TPSA) is 45.1 Å². The van der Waals surface area contributed by atoms with Crippen molar-refractivity contribution in [3.05, 3.63) is 29.8 Å². The molecule has 3 saturated heterocycles. The summed E-state index contributed by atoms with van der Waals surface area (Å²) in [6.45, 7) is 3.83. The van der Waals surface area contributed by atoms with Gasteiger partial charge in [-0.1, -0.05) is 12.1 Å². The predicted octanol–water partition coefficient (Wildman–Crippen LogP) is 2.05. The summed E-state index contributed by atoms with van der Waals surface area (Å²) in [5.74, 6) is 1.38. The van der Waals surface area contributed by atoms with E-state index in [4.69, 9.17) is 9.84 Å². The molecule has 0 N–H and O–H groups in total. The van der Waals surface area contributed by atoms with Crippen molar-refractivity contribution >= 4 is 11.6 Å². The van der Waals surface area contributed by atoms with Gasteiger partial charge < -0.3 is 4.74 Å². The van der Waals surface area contributed by atoms with Crippen molar-refractivity contribution in [2.24, 2.45) is 11.0 Å². The molecular formula is C17H21N3O2. The van der Waals surface area contributed by atoms with Crippen molar-refractivity contribution in [1.82, 2.24) is 9.91 Å². The maximum absolute atomic E-state index is 12.1. The third-order valence-electron chi connectivity index (χ3n) is 5.19. The molecule has 0 radical (unpaired) electrons. The highest BCUT2D eigenvalue weighted by molar-refractivity contribution is 5.97. The van der Waals surface area contributed by atoms with Crippen LogP contribution in [0.2, 0.25) is 0 Å². The number of carbonyl (C=O) groups is 1. The number of hydrogen-bond acceptors (Lipinski definition) is 4. The fourth-order valence-corrected chi connectivity index (χ4v) is 4.14. The Labute approximate surface area is 130 Å². The Balaban J connectivity index is 1.77. The molecular weight excluding hydrogens is 278 g/mol. The minimum atomic E-state index is -0.0225. The molecule has 4 aliphatic rings. The van der Waals surface area contributed by atoms with Gasteiger partial charge in [-0.05, 0) is 43.6 Å². The van der Waals surface area contributed by atoms with E-state index >= 15 is 0 Å². The fraction of sp³-hybridized carbons (Fsp3) is 0.529. The molecule has 1 aromatic rings. The summed E-state index contributed by atoms with van der Waals surface area (Å²) in [6, 6.07) is 8.24. The number of hydrogen-bond donors (Lipinski definition) is 0. The van der Waals surface area contributed by atoms with Crippen molar-refractivity contribution in [2.75, 3.05) is 20.2 Å². The smallest absolute Gasteiger partial charge is 0.240 e. The van der Waals surface area contributed by atoms with Gasteiger partial charge in [-0.15, -0.1) is 0 Å². The number of benzene rings is 1. The first-order valence-corrected chi connectivity index (χ1v) is 7.95. The van der Waals surface area contributed by atoms with Crippen LogP contribution in [0.1, 0.15) is 31.4 Å². The van der Waals surface area contributed by atoms with Crippen LogP contribution in [0.5, 0.6) is 5.75 Å². The summed E-state index contributed by atoms with van der Waals surface area (Å²) in [4.78, 5) is 14.6. The molecule has 4 aliphatic heterocycles. The van der Waals surface area contributed by atoms with Crippen LogP contribution >= 0.6 is 0 Å². The lowest BCUT2D eigenvalue weighted by atomic mass is 9.78. The molecule has 1 aromatic carbocycles. The number of fused-ring (bicyclic) bond motifs is 2. The van der Waals surface area contributed by atoms with E-state index in [0.717, 1.165) is 24.4 Å². The number of hydrazone groups is 1. The van der Waals surface area contributed by atoms with E-state index in [1.807, 2.05) is 18.2 Å². The lowest BCUT2D eigenvalue weighted by Crippen LogP contribution is -2.56. The van der Waals surface area contributed by atoms with Crippen LogP contribution < -0.4 is 4.74 Å². The second-order valence-corrected chi connectivity index (χ2v) is 6.36. The molecule has 0 unspecified atom stereocenters. The van der Waals surface area contributed by atoms with Gasteiger partial charge in [0.2, 0.25) is 5.91 Å². The number of amides is 1. The van der Waals surface area contributed by atoms with E-state index in [2.05, 4.69) is 11.0 Å². The highest BCUT2D eigenvalue weighted by Crippen LogP contribution is 2.43. The van der Waals surface area contributed by atoms with Crippen molar-refractivity contribution in [3.8, 4) is 5.75 Å². The molecule has 0 aromatic heterocycles. The molecule has 1 amide bonds. The lowest BCUT2D eigenvalue weighted by Gasteiger charge is -2.46. The van der Waals surface area contributed by atoms with Gasteiger partial charge in [0.15, 0.2) is 0 Å². The summed E-state index contributed by atoms with van der Waals surface area (Å²) in [5, 5.41) is 6.41. The molecule has 0 saturated carbocycles. The predicted molar refractivity (Wildman–Crippen MR) is 83.8 cm³/mol. The van der Waals surface area contributed by atoms with Crippen molar-refractivity contribution in [2.45, 2.75) is 31.8 Å². The Morgan fingerprint density at radius 3 is 2.73 bits per heavy atom. The number of piperidine rings is 3. The monoisotopic (exact) mass is 299 g/mol. The zero-order valence-electron chi connectivity index (χ0n) is 13.0. The van der Waals surface area contributed by atoms with E-state index in [0.29, 0.717) is 5.92 Å². The number of rotatable bonds is 2. The van der Waals surface area contributed by atoms with Crippen molar-refractivity contribution in [3.63, 3.8) is 0 Å². The molecule has 3 fully saturated rings. The SMILES string of the molecule is COc1cccc([C@H]2[C@@H]3C(=NN2C(C)=O)C2CCN3CC2)c1. The quantitative estimate of drug-likeness (QED) is 0.839. The summed E-state index contributed by atoms with van der Waals surface area (Å²) < 4.78 is 5.35. The number of ether oxygens (including phenoxy) is 1. The minimum Gasteiger partial charge on any atom is -0.497 e. The number of carbonyl (C=O) groups excluding carboxylic acids is 1. The Morgan fingerprint density at radius 2 is 2.05 bits per heavy atom. The maximum atomic E-state index is 12.1. The molecule has 5 heteroatoms. The lowest BCUT2D eigenvalue weighted by molar-refractivity contribution is -0.131. The molecule has 2 bridgehead atoms. The standard InChI is InChI=1S/C17H21N3O2/c1-11(21)20-16(13-4-3-5-14(10-13)22-2)17-15(18-20)12-6-8-19(17)9-7-12/h3-5,10,12,16-17H,6-9H2,1-2H3/t16-,17-/m0/s1. The number of nitrogens with zero attached hydrogens (tertiary/aromatic N) is 3. The van der Waals surface area contributed by atoms with Crippen molar-refractivity contribution in [1.29, 1.82) is 0 Å². The molecule has 2 atom stereocenters. The molecule has 116 valence electrons. The van der Waals surface area contributed by atoms with Gasteiger partial charge >= 0.3 is 0 Å². The molecule has 5 rings (SSSR count). The van der Waals surface area contributed by atoms with Crippen LogP contribution in [0.25, 0.3) is 0 Å². The Hall–Kier alpha value is -1.88. The molecule has 0 spiro atoms. The van der Waals surface area contributed by atoms with Crippen LogP contribution in [-0.2, 0) is 4.79 Å². The largest absolute Gasteiger partial charge is 0.497 e. The normalized spacial score (nSPS) is 32.6. The summed E-state index contributed by atoms with van der Waals surface area (Å²) in [7, 11) is 1.67. The first kappa shape index (κ1) is 13.8. The van der Waals surface area contributed by atoms with E-state index in [1.54, 1.807) is 19.0 Å². The van der Waals surface area contributed by atoms with Crippen LogP contribution in [0.3, 0.4) is 0 Å². The van der Waals surface area contributed by atoms with E-state index in [1.165, 1.54) is 18.6 Å². The molecule has 0 aliphatic carbocycles. The minimum absolute atomic E-state index is 0.00956. The van der Waals surface area contributed by atoms with E-state index < -0.39 is 0 Å². The third kappa shape index (κ3) is 1.96. The van der Waals surface area contributed by atoms with Crippen molar-refractivity contribution < 1.29 is 9.53 Å². The third-order valence-corrected chi connectivity index (χ3v) is 5.19. The van der Waals surface area contributed by atoms with Gasteiger partial charge in [0.25, 0.3) is 0 Å². The summed E-state index contributed by atoms with van der Waals surface area (Å²) >= 11 is 0. The molecule has 5 nitrogen and oxygen atoms in total. The van der Waals surface area contributed by atoms with Gasteiger partial charge in [-0.2, -0.15) is 5.10 Å². The van der Waals surface area contributed by atoms with Crippen LogP contribution in [-0.4, -0.2) is 47.8 Å². The Bertz CT molecular complexity index is 635. The summed E-state index contributed by atoms with van der Waals surface area (Å²) in [5.41, 5.74) is 2.31. The second kappa shape index (κ2) is 5.09. The number of methoxy groups -OCH3 is 1. The van der Waals surface area contributed by atoms with E-state index in [9.17, 15) is 4.79 Å². The average molecular weight is 299 g/mol. The zero-order chi connectivity index (χ0) is 15.3. The first-order chi connectivity index (χ1) is 10.7. The Kier molecular flexibility index (Phi) is 3.18. The summed E-state index contributed by atoms with van der Waals surface area (Å²) in [6.07, 6.45) is 2.35. The van der Waals surface area contributed by atoms with E-state index in [-0.39, 0.29) is 18.0 Å². The van der Waals surface area contributed by atoms with Gasteiger partial charge in [-0.3, -0.25) is 9.69 Å². The Morgan fingerprint density at radius 1 is 1.27 bits per heavy atom. The highest BCUT2D eigenvalue weighted by Gasteiger charge is 2.50. The highest BCUT2D eigenvalue weighted by atomic mass is 16.5. The van der Waals surface area contributed by atoms with Gasteiger partial charge in [0.05, 0.1) is 18.9 Å².